The molecule has 0 aliphatic rings. The van der Waals surface area contributed by atoms with Crippen LogP contribution in [0.4, 0.5) is 0 Å². The molecule has 7 rings (SSSR count). The van der Waals surface area contributed by atoms with E-state index in [1.54, 1.807) is 0 Å². The Kier molecular flexibility index (Phi) is 2.97. The molecule has 4 heterocycles. The van der Waals surface area contributed by atoms with E-state index in [0.717, 1.165) is 27.8 Å². The second-order valence-electron chi connectivity index (χ2n) is 7.57. The highest BCUT2D eigenvalue weighted by Crippen LogP contribution is 2.40. The van der Waals surface area contributed by atoms with Crippen molar-refractivity contribution in [2.75, 3.05) is 0 Å². The molecular formula is C26H16N4. The average Bonchev–Trinajstić information content (AvgIpc) is 3.43. The normalized spacial score (nSPS) is 12.0. The van der Waals surface area contributed by atoms with E-state index in [9.17, 15) is 0 Å². The Labute approximate surface area is 171 Å². The summed E-state index contributed by atoms with van der Waals surface area (Å²) in [5, 5.41) is 5.94. The molecule has 0 N–H and O–H groups in total. The van der Waals surface area contributed by atoms with Gasteiger partial charge < -0.3 is 4.57 Å². The fourth-order valence-corrected chi connectivity index (χ4v) is 4.82. The van der Waals surface area contributed by atoms with Crippen LogP contribution in [0.2, 0.25) is 0 Å². The van der Waals surface area contributed by atoms with Gasteiger partial charge in [0.1, 0.15) is 11.3 Å². The zero-order valence-corrected chi connectivity index (χ0v) is 16.0. The predicted molar refractivity (Wildman–Crippen MR) is 122 cm³/mol. The van der Waals surface area contributed by atoms with Crippen LogP contribution in [0.25, 0.3) is 54.9 Å². The van der Waals surface area contributed by atoms with Crippen LogP contribution >= 0.6 is 0 Å². The van der Waals surface area contributed by atoms with E-state index in [0.29, 0.717) is 0 Å². The molecule has 0 aliphatic heterocycles. The van der Waals surface area contributed by atoms with Crippen molar-refractivity contribution in [2.24, 2.45) is 0 Å². The molecule has 0 atom stereocenters. The first kappa shape index (κ1) is 15.7. The third kappa shape index (κ3) is 1.90. The molecule has 7 aromatic rings. The van der Waals surface area contributed by atoms with E-state index in [2.05, 4.69) is 86.7 Å². The molecule has 0 radical (unpaired) electrons. The van der Waals surface area contributed by atoms with Crippen molar-refractivity contribution in [3.63, 3.8) is 0 Å². The van der Waals surface area contributed by atoms with Gasteiger partial charge >= 0.3 is 0 Å². The van der Waals surface area contributed by atoms with Crippen LogP contribution < -0.4 is 0 Å². The average molecular weight is 384 g/mol. The summed E-state index contributed by atoms with van der Waals surface area (Å²) >= 11 is 0. The van der Waals surface area contributed by atoms with Gasteiger partial charge in [0.2, 0.25) is 0 Å². The lowest BCUT2D eigenvalue weighted by molar-refractivity contribution is 1.18. The minimum Gasteiger partial charge on any atom is -0.309 e. The number of fused-ring (bicyclic) bond motifs is 10. The summed E-state index contributed by atoms with van der Waals surface area (Å²) in [6, 6.07) is 27.8. The maximum absolute atomic E-state index is 4.71. The summed E-state index contributed by atoms with van der Waals surface area (Å²) < 4.78 is 4.46. The molecule has 30 heavy (non-hydrogen) atoms. The van der Waals surface area contributed by atoms with E-state index in [1.807, 2.05) is 24.7 Å². The Morgan fingerprint density at radius 1 is 0.567 bits per heavy atom. The van der Waals surface area contributed by atoms with Crippen molar-refractivity contribution in [2.45, 2.75) is 0 Å². The van der Waals surface area contributed by atoms with E-state index < -0.39 is 0 Å². The lowest BCUT2D eigenvalue weighted by Gasteiger charge is -2.12. The van der Waals surface area contributed by atoms with Gasteiger partial charge in [-0.25, -0.2) is 9.97 Å². The molecular weight excluding hydrogens is 368 g/mol. The fraction of sp³-hybridized carbons (Fsp3) is 0. The Hall–Kier alpha value is -4.18. The zero-order valence-electron chi connectivity index (χ0n) is 16.0. The van der Waals surface area contributed by atoms with Crippen LogP contribution in [-0.2, 0) is 0 Å². The topological polar surface area (TPSA) is 35.1 Å². The van der Waals surface area contributed by atoms with Crippen molar-refractivity contribution >= 4 is 49.3 Å². The quantitative estimate of drug-likeness (QED) is 0.319. The first-order valence-electron chi connectivity index (χ1n) is 10.0. The van der Waals surface area contributed by atoms with Crippen LogP contribution in [0.5, 0.6) is 0 Å². The Bertz CT molecular complexity index is 1740. The molecule has 0 saturated heterocycles. The van der Waals surface area contributed by atoms with Gasteiger partial charge in [-0.3, -0.25) is 4.40 Å². The van der Waals surface area contributed by atoms with Crippen molar-refractivity contribution in [1.29, 1.82) is 0 Å². The molecule has 4 aromatic heterocycles. The number of nitrogens with zero attached hydrogens (tertiary/aromatic N) is 4. The maximum atomic E-state index is 4.71. The fourth-order valence-electron chi connectivity index (χ4n) is 4.82. The maximum Gasteiger partial charge on any atom is 0.146 e. The first-order valence-corrected chi connectivity index (χ1v) is 10.0. The van der Waals surface area contributed by atoms with Gasteiger partial charge in [-0.15, -0.1) is 0 Å². The molecule has 0 spiro atoms. The Morgan fingerprint density at radius 3 is 2.17 bits per heavy atom. The van der Waals surface area contributed by atoms with Crippen LogP contribution in [0.3, 0.4) is 0 Å². The molecule has 0 fully saturated rings. The second kappa shape index (κ2) is 5.67. The van der Waals surface area contributed by atoms with Crippen LogP contribution in [-0.4, -0.2) is 18.9 Å². The van der Waals surface area contributed by atoms with Crippen molar-refractivity contribution in [1.82, 2.24) is 18.9 Å². The van der Waals surface area contributed by atoms with E-state index >= 15 is 0 Å². The smallest absolute Gasteiger partial charge is 0.146 e. The molecule has 3 aromatic carbocycles. The van der Waals surface area contributed by atoms with Crippen LogP contribution in [0.15, 0.2) is 97.5 Å². The van der Waals surface area contributed by atoms with Crippen molar-refractivity contribution in [3.05, 3.63) is 97.5 Å². The lowest BCUT2D eigenvalue weighted by atomic mass is 10.0. The molecule has 0 saturated carbocycles. The zero-order chi connectivity index (χ0) is 19.7. The summed E-state index contributed by atoms with van der Waals surface area (Å²) in [6.07, 6.45) is 5.68. The number of pyridine rings is 2. The number of aromatic nitrogens is 4. The number of imidazole rings is 1. The largest absolute Gasteiger partial charge is 0.309 e. The lowest BCUT2D eigenvalue weighted by Crippen LogP contribution is -1.97. The summed E-state index contributed by atoms with van der Waals surface area (Å²) in [6.45, 7) is 0. The van der Waals surface area contributed by atoms with Gasteiger partial charge in [-0.05, 0) is 36.4 Å². The molecule has 0 amide bonds. The Morgan fingerprint density at radius 2 is 1.27 bits per heavy atom. The van der Waals surface area contributed by atoms with Gasteiger partial charge in [-0.1, -0.05) is 42.5 Å². The summed E-state index contributed by atoms with van der Waals surface area (Å²) in [5.41, 5.74) is 5.41. The number of benzene rings is 3. The van der Waals surface area contributed by atoms with Gasteiger partial charge in [-0.2, -0.15) is 0 Å². The van der Waals surface area contributed by atoms with Gasteiger partial charge in [0.05, 0.1) is 11.0 Å². The van der Waals surface area contributed by atoms with Gasteiger partial charge in [0, 0.05) is 51.2 Å². The highest BCUT2D eigenvalue weighted by Gasteiger charge is 2.19. The number of hydrogen-bond donors (Lipinski definition) is 0. The van der Waals surface area contributed by atoms with Gasteiger partial charge in [0.25, 0.3) is 0 Å². The first-order chi connectivity index (χ1) is 14.9. The molecule has 0 unspecified atom stereocenters. The van der Waals surface area contributed by atoms with Crippen molar-refractivity contribution < 1.29 is 0 Å². The SMILES string of the molecule is c1ccc(-n2c3ccccc3c3ccc4c(c5cccnc5n5ccnc45)c32)cc1. The monoisotopic (exact) mass is 384 g/mol. The second-order valence-corrected chi connectivity index (χ2v) is 7.57. The highest BCUT2D eigenvalue weighted by molar-refractivity contribution is 6.26. The summed E-state index contributed by atoms with van der Waals surface area (Å²) in [5.74, 6) is 0. The Balaban J connectivity index is 1.87. The number of hydrogen-bond acceptors (Lipinski definition) is 2. The van der Waals surface area contributed by atoms with Gasteiger partial charge in [0.15, 0.2) is 0 Å². The van der Waals surface area contributed by atoms with Crippen molar-refractivity contribution in [3.8, 4) is 5.69 Å². The van der Waals surface area contributed by atoms with E-state index in [-0.39, 0.29) is 0 Å². The van der Waals surface area contributed by atoms with Crippen LogP contribution in [0.1, 0.15) is 0 Å². The van der Waals surface area contributed by atoms with E-state index in [4.69, 9.17) is 4.98 Å². The minimum atomic E-state index is 0.926. The van der Waals surface area contributed by atoms with Crippen LogP contribution in [0, 0.1) is 0 Å². The molecule has 4 nitrogen and oxygen atoms in total. The third-order valence-electron chi connectivity index (χ3n) is 6.02. The standard InChI is InChI=1S/C26H16N4/c1-2-7-17(8-3-1)30-22-11-5-4-9-18(22)19-12-13-21-23(24(19)30)20-10-6-14-27-25(20)29-16-15-28-26(21)29/h1-16H. The third-order valence-corrected chi connectivity index (χ3v) is 6.02. The number of para-hydroxylation sites is 2. The molecule has 0 aliphatic carbocycles. The summed E-state index contributed by atoms with van der Waals surface area (Å²) in [7, 11) is 0. The van der Waals surface area contributed by atoms with E-state index in [1.165, 1.54) is 27.2 Å². The molecule has 4 heteroatoms. The molecule has 0 bridgehead atoms. The molecule has 140 valence electrons. The minimum absolute atomic E-state index is 0.926. The predicted octanol–water partition coefficient (Wildman–Crippen LogP) is 6.13. The highest BCUT2D eigenvalue weighted by atomic mass is 15.0. The number of rotatable bonds is 1. The summed E-state index contributed by atoms with van der Waals surface area (Å²) in [4.78, 5) is 9.38.